The average molecular weight is 422 g/mol. The Bertz CT molecular complexity index is 1050. The molecule has 0 radical (unpaired) electrons. The van der Waals surface area contributed by atoms with Gasteiger partial charge in [0, 0.05) is 54.8 Å². The number of ketones is 1. The second-order valence-corrected chi connectivity index (χ2v) is 7.54. The zero-order valence-corrected chi connectivity index (χ0v) is 18.1. The van der Waals surface area contributed by atoms with Crippen LogP contribution in [0.15, 0.2) is 54.9 Å². The topological polar surface area (TPSA) is 63.2 Å². The Kier molecular flexibility index (Phi) is 6.95. The smallest absolute Gasteiger partial charge is 0.226 e. The molecule has 0 aliphatic heterocycles. The van der Waals surface area contributed by atoms with Gasteiger partial charge in [0.2, 0.25) is 5.91 Å². The van der Waals surface area contributed by atoms with Gasteiger partial charge in [0.15, 0.2) is 5.78 Å². The lowest BCUT2D eigenvalue weighted by atomic mass is 10.0. The summed E-state index contributed by atoms with van der Waals surface area (Å²) in [4.78, 5) is 34.5. The Morgan fingerprint density at radius 1 is 1.03 bits per heavy atom. The predicted octanol–water partition coefficient (Wildman–Crippen LogP) is 5.29. The second kappa shape index (κ2) is 9.63. The number of aryl methyl sites for hydroxylation is 2. The van der Waals surface area contributed by atoms with Crippen molar-refractivity contribution in [3.63, 3.8) is 0 Å². The summed E-state index contributed by atoms with van der Waals surface area (Å²) < 4.78 is 0. The molecule has 0 fully saturated rings. The molecule has 3 aromatic rings. The Morgan fingerprint density at radius 2 is 1.83 bits per heavy atom. The number of carbonyl (C=O) groups excluding carboxylic acids is 2. The van der Waals surface area contributed by atoms with E-state index < -0.39 is 0 Å². The predicted molar refractivity (Wildman–Crippen MR) is 120 cm³/mol. The monoisotopic (exact) mass is 421 g/mol. The highest BCUT2D eigenvalue weighted by atomic mass is 35.5. The largest absolute Gasteiger partial charge is 0.315 e. The summed E-state index contributed by atoms with van der Waals surface area (Å²) in [5.41, 5.74) is 4.77. The number of hydrogen-bond acceptors (Lipinski definition) is 4. The van der Waals surface area contributed by atoms with Crippen molar-refractivity contribution in [3.8, 4) is 11.1 Å². The van der Waals surface area contributed by atoms with E-state index >= 15 is 0 Å². The standard InChI is InChI=1S/C24H24ClN3O2/c1-4-24(30)28(3)19-9-10-20(21(25)13-19)18-8-11-22(27-15-18)23(29)12-7-17-6-5-16(2)26-14-17/h5-6,8-11,13-15H,4,7,12H2,1-3H3. The van der Waals surface area contributed by atoms with Crippen molar-refractivity contribution in [2.24, 2.45) is 0 Å². The van der Waals surface area contributed by atoms with E-state index in [2.05, 4.69) is 9.97 Å². The van der Waals surface area contributed by atoms with E-state index in [1.165, 1.54) is 0 Å². The molecule has 0 saturated heterocycles. The van der Waals surface area contributed by atoms with Crippen LogP contribution in [-0.4, -0.2) is 28.7 Å². The fraction of sp³-hybridized carbons (Fsp3) is 0.250. The number of hydrogen-bond donors (Lipinski definition) is 0. The maximum Gasteiger partial charge on any atom is 0.226 e. The third-order valence-electron chi connectivity index (χ3n) is 4.99. The Balaban J connectivity index is 1.69. The maximum absolute atomic E-state index is 12.5. The van der Waals surface area contributed by atoms with E-state index in [0.717, 1.165) is 28.1 Å². The Morgan fingerprint density at radius 3 is 2.43 bits per heavy atom. The number of benzene rings is 1. The number of anilines is 1. The molecule has 2 aromatic heterocycles. The quantitative estimate of drug-likeness (QED) is 0.486. The molecule has 0 atom stereocenters. The lowest BCUT2D eigenvalue weighted by Crippen LogP contribution is -2.24. The van der Waals surface area contributed by atoms with E-state index in [-0.39, 0.29) is 11.7 Å². The number of amides is 1. The molecule has 0 saturated carbocycles. The molecule has 30 heavy (non-hydrogen) atoms. The van der Waals surface area contributed by atoms with Crippen LogP contribution in [0.1, 0.15) is 41.5 Å². The summed E-state index contributed by atoms with van der Waals surface area (Å²) in [5, 5.41) is 0.524. The van der Waals surface area contributed by atoms with Crippen LogP contribution < -0.4 is 4.90 Å². The third kappa shape index (κ3) is 5.10. The maximum atomic E-state index is 12.5. The molecule has 0 aliphatic rings. The molecule has 0 unspecified atom stereocenters. The van der Waals surface area contributed by atoms with Gasteiger partial charge in [-0.1, -0.05) is 36.7 Å². The lowest BCUT2D eigenvalue weighted by molar-refractivity contribution is -0.118. The molecule has 0 aliphatic carbocycles. The van der Waals surface area contributed by atoms with E-state index in [4.69, 9.17) is 11.6 Å². The van der Waals surface area contributed by atoms with Crippen LogP contribution in [0, 0.1) is 6.92 Å². The van der Waals surface area contributed by atoms with Crippen LogP contribution in [0.4, 0.5) is 5.69 Å². The highest BCUT2D eigenvalue weighted by molar-refractivity contribution is 6.33. The lowest BCUT2D eigenvalue weighted by Gasteiger charge is -2.17. The van der Waals surface area contributed by atoms with Crippen LogP contribution in [0.3, 0.4) is 0 Å². The fourth-order valence-corrected chi connectivity index (χ4v) is 3.36. The minimum atomic E-state index is -0.0109. The fourth-order valence-electron chi connectivity index (χ4n) is 3.08. The molecule has 6 heteroatoms. The molecule has 5 nitrogen and oxygen atoms in total. The van der Waals surface area contributed by atoms with Crippen molar-refractivity contribution in [1.82, 2.24) is 9.97 Å². The number of aromatic nitrogens is 2. The summed E-state index contributed by atoms with van der Waals surface area (Å²) in [6.45, 7) is 3.75. The average Bonchev–Trinajstić information content (AvgIpc) is 2.77. The van der Waals surface area contributed by atoms with Gasteiger partial charge in [0.25, 0.3) is 0 Å². The second-order valence-electron chi connectivity index (χ2n) is 7.13. The van der Waals surface area contributed by atoms with Gasteiger partial charge in [0.05, 0.1) is 5.02 Å². The van der Waals surface area contributed by atoms with Gasteiger partial charge in [0.1, 0.15) is 5.69 Å². The van der Waals surface area contributed by atoms with Crippen LogP contribution in [0.2, 0.25) is 5.02 Å². The van der Waals surface area contributed by atoms with E-state index in [0.29, 0.717) is 30.0 Å². The van der Waals surface area contributed by atoms with E-state index in [1.807, 2.05) is 44.2 Å². The highest BCUT2D eigenvalue weighted by Gasteiger charge is 2.13. The number of Topliss-reactive ketones (excluding diaryl/α,β-unsaturated/α-hetero) is 1. The van der Waals surface area contributed by atoms with Gasteiger partial charge in [-0.25, -0.2) is 0 Å². The minimum Gasteiger partial charge on any atom is -0.315 e. The molecule has 0 spiro atoms. The number of pyridine rings is 2. The normalized spacial score (nSPS) is 10.7. The first kappa shape index (κ1) is 21.7. The Hall–Kier alpha value is -3.05. The van der Waals surface area contributed by atoms with Crippen molar-refractivity contribution in [3.05, 3.63) is 76.8 Å². The Labute approximate surface area is 181 Å². The zero-order chi connectivity index (χ0) is 21.7. The van der Waals surface area contributed by atoms with Crippen LogP contribution in [0.5, 0.6) is 0 Å². The summed E-state index contributed by atoms with van der Waals surface area (Å²) in [5.74, 6) is 0.00744. The first-order valence-corrected chi connectivity index (χ1v) is 10.2. The third-order valence-corrected chi connectivity index (χ3v) is 5.30. The molecule has 1 aromatic carbocycles. The summed E-state index contributed by atoms with van der Waals surface area (Å²) >= 11 is 6.45. The number of nitrogens with zero attached hydrogens (tertiary/aromatic N) is 3. The molecule has 0 N–H and O–H groups in total. The first-order valence-electron chi connectivity index (χ1n) is 9.86. The van der Waals surface area contributed by atoms with Gasteiger partial charge in [-0.15, -0.1) is 0 Å². The van der Waals surface area contributed by atoms with Gasteiger partial charge in [-0.05, 0) is 43.2 Å². The van der Waals surface area contributed by atoms with Crippen molar-refractivity contribution >= 4 is 29.0 Å². The van der Waals surface area contributed by atoms with E-state index in [1.54, 1.807) is 36.5 Å². The first-order chi connectivity index (χ1) is 14.4. The number of rotatable bonds is 7. The van der Waals surface area contributed by atoms with Crippen LogP contribution in [-0.2, 0) is 11.2 Å². The van der Waals surface area contributed by atoms with Gasteiger partial charge >= 0.3 is 0 Å². The van der Waals surface area contributed by atoms with Crippen molar-refractivity contribution in [1.29, 1.82) is 0 Å². The number of halogens is 1. The summed E-state index contributed by atoms with van der Waals surface area (Å²) in [6.07, 6.45) is 4.89. The van der Waals surface area contributed by atoms with Crippen molar-refractivity contribution in [2.45, 2.75) is 33.1 Å². The zero-order valence-electron chi connectivity index (χ0n) is 17.4. The van der Waals surface area contributed by atoms with Gasteiger partial charge < -0.3 is 4.90 Å². The highest BCUT2D eigenvalue weighted by Crippen LogP contribution is 2.31. The molecular weight excluding hydrogens is 398 g/mol. The van der Waals surface area contributed by atoms with Gasteiger partial charge in [-0.2, -0.15) is 0 Å². The molecule has 3 rings (SSSR count). The molecule has 2 heterocycles. The molecular formula is C24H24ClN3O2. The van der Waals surface area contributed by atoms with E-state index in [9.17, 15) is 9.59 Å². The summed E-state index contributed by atoms with van der Waals surface area (Å²) in [7, 11) is 1.73. The number of carbonyl (C=O) groups is 2. The SMILES string of the molecule is CCC(=O)N(C)c1ccc(-c2ccc(C(=O)CCc3ccc(C)nc3)nc2)c(Cl)c1. The van der Waals surface area contributed by atoms with Gasteiger partial charge in [-0.3, -0.25) is 19.6 Å². The molecule has 0 bridgehead atoms. The van der Waals surface area contributed by atoms with Crippen molar-refractivity contribution in [2.75, 3.05) is 11.9 Å². The van der Waals surface area contributed by atoms with Crippen LogP contribution in [0.25, 0.3) is 11.1 Å². The van der Waals surface area contributed by atoms with Crippen LogP contribution >= 0.6 is 11.6 Å². The van der Waals surface area contributed by atoms with Crippen molar-refractivity contribution < 1.29 is 9.59 Å². The molecule has 154 valence electrons. The summed E-state index contributed by atoms with van der Waals surface area (Å²) in [6, 6.07) is 13.0. The molecule has 1 amide bonds. The minimum absolute atomic E-state index is 0.0109.